The molecule has 1 N–H and O–H groups in total. The molecular weight excluding hydrogens is 256 g/mol. The Labute approximate surface area is 96.5 Å². The molecule has 1 aromatic heterocycles. The largest absolute Gasteiger partial charge is 0.389 e. The molecule has 0 amide bonds. The molecular formula is C11H11BrN2O. The lowest BCUT2D eigenvalue weighted by molar-refractivity contribution is 0.199. The third-order valence-corrected chi connectivity index (χ3v) is 2.72. The highest BCUT2D eigenvalue weighted by molar-refractivity contribution is 9.10. The van der Waals surface area contributed by atoms with Crippen molar-refractivity contribution < 1.29 is 5.11 Å². The number of imidazole rings is 1. The maximum atomic E-state index is 9.65. The lowest BCUT2D eigenvalue weighted by Gasteiger charge is -2.12. The molecule has 0 aliphatic rings. The minimum atomic E-state index is -0.490. The van der Waals surface area contributed by atoms with Gasteiger partial charge in [0.25, 0.3) is 0 Å². The van der Waals surface area contributed by atoms with Crippen molar-refractivity contribution in [1.82, 2.24) is 9.55 Å². The van der Waals surface area contributed by atoms with Crippen molar-refractivity contribution in [3.05, 3.63) is 47.0 Å². The first-order chi connectivity index (χ1) is 7.18. The first kappa shape index (κ1) is 10.4. The third kappa shape index (κ3) is 2.11. The van der Waals surface area contributed by atoms with E-state index < -0.39 is 6.10 Å². The van der Waals surface area contributed by atoms with Gasteiger partial charge in [-0.15, -0.1) is 0 Å². The molecule has 1 aromatic carbocycles. The number of halogens is 1. The summed E-state index contributed by atoms with van der Waals surface area (Å²) in [5, 5.41) is 9.65. The maximum Gasteiger partial charge on any atom is 0.0991 e. The number of hydrogen-bond donors (Lipinski definition) is 1. The van der Waals surface area contributed by atoms with Crippen LogP contribution < -0.4 is 0 Å². The van der Waals surface area contributed by atoms with Crippen LogP contribution in [0.25, 0.3) is 5.69 Å². The summed E-state index contributed by atoms with van der Waals surface area (Å²) >= 11 is 3.42. The Morgan fingerprint density at radius 2 is 2.27 bits per heavy atom. The Kier molecular flexibility index (Phi) is 2.88. The van der Waals surface area contributed by atoms with Gasteiger partial charge >= 0.3 is 0 Å². The van der Waals surface area contributed by atoms with Crippen molar-refractivity contribution in [2.45, 2.75) is 13.0 Å². The zero-order valence-electron chi connectivity index (χ0n) is 8.26. The number of aromatic nitrogens is 2. The third-order valence-electron chi connectivity index (χ3n) is 2.23. The molecule has 1 unspecified atom stereocenters. The second kappa shape index (κ2) is 4.16. The van der Waals surface area contributed by atoms with Gasteiger partial charge in [-0.1, -0.05) is 22.0 Å². The second-order valence-electron chi connectivity index (χ2n) is 3.35. The predicted molar refractivity (Wildman–Crippen MR) is 61.9 cm³/mol. The zero-order valence-corrected chi connectivity index (χ0v) is 9.85. The maximum absolute atomic E-state index is 9.65. The van der Waals surface area contributed by atoms with E-state index in [1.807, 2.05) is 29.0 Å². The van der Waals surface area contributed by atoms with E-state index >= 15 is 0 Å². The van der Waals surface area contributed by atoms with Crippen molar-refractivity contribution in [1.29, 1.82) is 0 Å². The Morgan fingerprint density at radius 3 is 2.87 bits per heavy atom. The van der Waals surface area contributed by atoms with Gasteiger partial charge in [0.1, 0.15) is 0 Å². The van der Waals surface area contributed by atoms with Gasteiger partial charge in [-0.25, -0.2) is 4.98 Å². The molecule has 0 spiro atoms. The average molecular weight is 267 g/mol. The summed E-state index contributed by atoms with van der Waals surface area (Å²) in [6, 6.07) is 5.79. The van der Waals surface area contributed by atoms with Gasteiger partial charge in [-0.05, 0) is 19.1 Å². The molecule has 0 aliphatic carbocycles. The van der Waals surface area contributed by atoms with Crippen LogP contribution in [0.2, 0.25) is 0 Å². The fraction of sp³-hybridized carbons (Fsp3) is 0.182. The number of hydrogen-bond acceptors (Lipinski definition) is 2. The highest BCUT2D eigenvalue weighted by Crippen LogP contribution is 2.25. The van der Waals surface area contributed by atoms with Gasteiger partial charge < -0.3 is 9.67 Å². The Morgan fingerprint density at radius 1 is 1.47 bits per heavy atom. The van der Waals surface area contributed by atoms with Crippen LogP contribution in [0.3, 0.4) is 0 Å². The van der Waals surface area contributed by atoms with E-state index in [0.717, 1.165) is 15.7 Å². The van der Waals surface area contributed by atoms with E-state index in [-0.39, 0.29) is 0 Å². The number of aliphatic hydroxyl groups is 1. The van der Waals surface area contributed by atoms with Crippen LogP contribution in [-0.2, 0) is 0 Å². The summed E-state index contributed by atoms with van der Waals surface area (Å²) < 4.78 is 2.86. The Balaban J connectivity index is 2.58. The van der Waals surface area contributed by atoms with E-state index in [9.17, 15) is 5.11 Å². The molecule has 15 heavy (non-hydrogen) atoms. The minimum Gasteiger partial charge on any atom is -0.389 e. The molecule has 0 fully saturated rings. The summed E-state index contributed by atoms with van der Waals surface area (Å²) in [7, 11) is 0. The van der Waals surface area contributed by atoms with Crippen molar-refractivity contribution >= 4 is 15.9 Å². The zero-order chi connectivity index (χ0) is 10.8. The highest BCUT2D eigenvalue weighted by atomic mass is 79.9. The minimum absolute atomic E-state index is 0.490. The standard InChI is InChI=1S/C11H11BrN2O/c1-8(15)10-3-2-9(12)6-11(10)14-5-4-13-7-14/h2-8,15H,1H3. The van der Waals surface area contributed by atoms with E-state index in [4.69, 9.17) is 0 Å². The lowest BCUT2D eigenvalue weighted by Crippen LogP contribution is -2.00. The van der Waals surface area contributed by atoms with Crippen LogP contribution in [0, 0.1) is 0 Å². The predicted octanol–water partition coefficient (Wildman–Crippen LogP) is 2.69. The van der Waals surface area contributed by atoms with E-state index in [2.05, 4.69) is 20.9 Å². The monoisotopic (exact) mass is 266 g/mol. The molecule has 3 nitrogen and oxygen atoms in total. The Hall–Kier alpha value is -1.13. The van der Waals surface area contributed by atoms with Crippen LogP contribution in [0.15, 0.2) is 41.4 Å². The molecule has 0 aliphatic heterocycles. The van der Waals surface area contributed by atoms with Crippen molar-refractivity contribution in [3.63, 3.8) is 0 Å². The van der Waals surface area contributed by atoms with Crippen molar-refractivity contribution in [2.75, 3.05) is 0 Å². The smallest absolute Gasteiger partial charge is 0.0991 e. The van der Waals surface area contributed by atoms with Crippen molar-refractivity contribution in [3.8, 4) is 5.69 Å². The number of benzene rings is 1. The van der Waals surface area contributed by atoms with Crippen LogP contribution in [0.4, 0.5) is 0 Å². The molecule has 2 aromatic rings. The van der Waals surface area contributed by atoms with Gasteiger partial charge in [0.2, 0.25) is 0 Å². The molecule has 0 bridgehead atoms. The van der Waals surface area contributed by atoms with Crippen molar-refractivity contribution in [2.24, 2.45) is 0 Å². The van der Waals surface area contributed by atoms with Gasteiger partial charge in [-0.3, -0.25) is 0 Å². The molecule has 1 atom stereocenters. The first-order valence-corrected chi connectivity index (χ1v) is 5.43. The van der Waals surface area contributed by atoms with Crippen LogP contribution in [0.1, 0.15) is 18.6 Å². The number of nitrogens with zero attached hydrogens (tertiary/aromatic N) is 2. The molecule has 0 radical (unpaired) electrons. The first-order valence-electron chi connectivity index (χ1n) is 4.64. The lowest BCUT2D eigenvalue weighted by atomic mass is 10.1. The summed E-state index contributed by atoms with van der Waals surface area (Å²) in [6.07, 6.45) is 4.80. The van der Waals surface area contributed by atoms with Gasteiger partial charge in [-0.2, -0.15) is 0 Å². The normalized spacial score (nSPS) is 12.7. The van der Waals surface area contributed by atoms with E-state index in [1.165, 1.54) is 0 Å². The van der Waals surface area contributed by atoms with Crippen LogP contribution >= 0.6 is 15.9 Å². The van der Waals surface area contributed by atoms with Crippen LogP contribution in [-0.4, -0.2) is 14.7 Å². The molecule has 2 rings (SSSR count). The molecule has 0 saturated carbocycles. The summed E-state index contributed by atoms with van der Waals surface area (Å²) in [5.74, 6) is 0. The molecule has 0 saturated heterocycles. The summed E-state index contributed by atoms with van der Waals surface area (Å²) in [4.78, 5) is 3.99. The second-order valence-corrected chi connectivity index (χ2v) is 4.26. The van der Waals surface area contributed by atoms with Crippen LogP contribution in [0.5, 0.6) is 0 Å². The van der Waals surface area contributed by atoms with Gasteiger partial charge in [0.05, 0.1) is 18.1 Å². The summed E-state index contributed by atoms with van der Waals surface area (Å²) in [5.41, 5.74) is 1.83. The molecule has 4 heteroatoms. The number of rotatable bonds is 2. The fourth-order valence-electron chi connectivity index (χ4n) is 1.50. The fourth-order valence-corrected chi connectivity index (χ4v) is 1.84. The summed E-state index contributed by atoms with van der Waals surface area (Å²) in [6.45, 7) is 1.75. The average Bonchev–Trinajstić information content (AvgIpc) is 2.69. The van der Waals surface area contributed by atoms with Gasteiger partial charge in [0, 0.05) is 22.4 Å². The number of aliphatic hydroxyl groups excluding tert-OH is 1. The SMILES string of the molecule is CC(O)c1ccc(Br)cc1-n1ccnc1. The van der Waals surface area contributed by atoms with E-state index in [0.29, 0.717) is 0 Å². The topological polar surface area (TPSA) is 38.0 Å². The quantitative estimate of drug-likeness (QED) is 0.908. The van der Waals surface area contributed by atoms with Gasteiger partial charge in [0.15, 0.2) is 0 Å². The van der Waals surface area contributed by atoms with E-state index in [1.54, 1.807) is 19.4 Å². The Bertz CT molecular complexity index is 452. The molecule has 78 valence electrons. The molecule has 1 heterocycles. The highest BCUT2D eigenvalue weighted by Gasteiger charge is 2.09.